The van der Waals surface area contributed by atoms with Gasteiger partial charge in [-0.2, -0.15) is 0 Å². The molecule has 6 heteroatoms. The van der Waals surface area contributed by atoms with Gasteiger partial charge in [-0.05, 0) is 42.2 Å². The molecule has 3 aromatic rings. The van der Waals surface area contributed by atoms with Gasteiger partial charge < -0.3 is 4.98 Å². The van der Waals surface area contributed by atoms with E-state index in [4.69, 9.17) is 5.21 Å². The molecule has 0 unspecified atom stereocenters. The number of fused-ring (bicyclic) bond motifs is 1. The highest BCUT2D eigenvalue weighted by atomic mass is 19.1. The maximum Gasteiger partial charge on any atom is 0.267 e. The second-order valence-electron chi connectivity index (χ2n) is 7.04. The molecule has 0 aliphatic carbocycles. The Morgan fingerprint density at radius 1 is 1.17 bits per heavy atom. The summed E-state index contributed by atoms with van der Waals surface area (Å²) in [4.78, 5) is 16.6. The van der Waals surface area contributed by atoms with Crippen molar-refractivity contribution in [2.24, 2.45) is 0 Å². The summed E-state index contributed by atoms with van der Waals surface area (Å²) in [6.07, 6.45) is 3.73. The van der Waals surface area contributed by atoms with Gasteiger partial charge in [0.2, 0.25) is 0 Å². The SMILES string of the molecule is Cc1[nH]c2ccccc2c1CCN(CCF)Cc1ccc(/C=C/C(=O)NO)cc1. The van der Waals surface area contributed by atoms with E-state index in [1.54, 1.807) is 11.6 Å². The summed E-state index contributed by atoms with van der Waals surface area (Å²) in [5.74, 6) is -0.573. The first kappa shape index (κ1) is 20.8. The van der Waals surface area contributed by atoms with Gasteiger partial charge >= 0.3 is 0 Å². The molecule has 5 nitrogen and oxygen atoms in total. The van der Waals surface area contributed by atoms with Gasteiger partial charge in [-0.25, -0.2) is 9.87 Å². The highest BCUT2D eigenvalue weighted by molar-refractivity contribution is 5.90. The number of aromatic nitrogens is 1. The molecule has 1 aromatic heterocycles. The lowest BCUT2D eigenvalue weighted by Crippen LogP contribution is -2.28. The average molecular weight is 395 g/mol. The molecule has 0 aliphatic heterocycles. The van der Waals surface area contributed by atoms with E-state index in [1.165, 1.54) is 17.0 Å². The number of hydroxylamine groups is 1. The number of amides is 1. The summed E-state index contributed by atoms with van der Waals surface area (Å²) < 4.78 is 13.1. The van der Waals surface area contributed by atoms with Crippen LogP contribution in [0.4, 0.5) is 4.39 Å². The van der Waals surface area contributed by atoms with E-state index in [1.807, 2.05) is 36.4 Å². The number of nitrogens with zero attached hydrogens (tertiary/aromatic N) is 1. The van der Waals surface area contributed by atoms with Crippen molar-refractivity contribution in [3.05, 3.63) is 77.0 Å². The van der Waals surface area contributed by atoms with Crippen LogP contribution in [0.2, 0.25) is 0 Å². The summed E-state index contributed by atoms with van der Waals surface area (Å²) in [5.41, 5.74) is 7.07. The summed E-state index contributed by atoms with van der Waals surface area (Å²) in [6, 6.07) is 16.0. The fourth-order valence-electron chi connectivity index (χ4n) is 3.52. The highest BCUT2D eigenvalue weighted by Gasteiger charge is 2.11. The summed E-state index contributed by atoms with van der Waals surface area (Å²) in [6.45, 7) is 3.51. The van der Waals surface area contributed by atoms with E-state index in [2.05, 4.69) is 28.9 Å². The fraction of sp³-hybridized carbons (Fsp3) is 0.261. The number of para-hydroxylation sites is 1. The lowest BCUT2D eigenvalue weighted by molar-refractivity contribution is -0.124. The van der Waals surface area contributed by atoms with Crippen LogP contribution in [-0.2, 0) is 17.8 Å². The quantitative estimate of drug-likeness (QED) is 0.291. The molecule has 0 spiro atoms. The Bertz CT molecular complexity index is 979. The molecule has 2 aromatic carbocycles. The first-order chi connectivity index (χ1) is 14.1. The van der Waals surface area contributed by atoms with E-state index in [0.717, 1.165) is 35.3 Å². The highest BCUT2D eigenvalue weighted by Crippen LogP contribution is 2.22. The van der Waals surface area contributed by atoms with Crippen LogP contribution >= 0.6 is 0 Å². The van der Waals surface area contributed by atoms with Crippen molar-refractivity contribution >= 4 is 22.9 Å². The minimum absolute atomic E-state index is 0.385. The first-order valence-corrected chi connectivity index (χ1v) is 9.66. The van der Waals surface area contributed by atoms with Crippen molar-refractivity contribution < 1.29 is 14.4 Å². The van der Waals surface area contributed by atoms with Gasteiger partial charge in [-0.3, -0.25) is 14.9 Å². The number of rotatable bonds is 9. The number of alkyl halides is 1. The predicted octanol–water partition coefficient (Wildman–Crippen LogP) is 4.01. The maximum absolute atomic E-state index is 13.1. The lowest BCUT2D eigenvalue weighted by atomic mass is 10.1. The standard InChI is InChI=1S/C23H26FN3O2/c1-17-20(21-4-2-3-5-22(21)25-17)12-14-27(15-13-24)16-19-8-6-18(7-9-19)10-11-23(28)26-29/h2-11,25,29H,12-16H2,1H3,(H,26,28)/b11-10+. The van der Waals surface area contributed by atoms with Crippen LogP contribution in [0.25, 0.3) is 17.0 Å². The van der Waals surface area contributed by atoms with Crippen LogP contribution in [-0.4, -0.2) is 40.8 Å². The monoisotopic (exact) mass is 395 g/mol. The molecular weight excluding hydrogens is 369 g/mol. The number of carbonyl (C=O) groups is 1. The van der Waals surface area contributed by atoms with Crippen LogP contribution in [0.1, 0.15) is 22.4 Å². The Balaban J connectivity index is 1.64. The summed E-state index contributed by atoms with van der Waals surface area (Å²) in [7, 11) is 0. The second-order valence-corrected chi connectivity index (χ2v) is 7.04. The Labute approximate surface area is 169 Å². The van der Waals surface area contributed by atoms with E-state index >= 15 is 0 Å². The fourth-order valence-corrected chi connectivity index (χ4v) is 3.52. The third-order valence-electron chi connectivity index (χ3n) is 5.03. The zero-order valence-electron chi connectivity index (χ0n) is 16.5. The molecule has 29 heavy (non-hydrogen) atoms. The van der Waals surface area contributed by atoms with Crippen LogP contribution in [0.5, 0.6) is 0 Å². The van der Waals surface area contributed by atoms with Gasteiger partial charge in [-0.15, -0.1) is 0 Å². The van der Waals surface area contributed by atoms with Crippen LogP contribution in [0.3, 0.4) is 0 Å². The van der Waals surface area contributed by atoms with E-state index in [9.17, 15) is 9.18 Å². The Hall–Kier alpha value is -2.96. The molecular formula is C23H26FN3O2. The molecule has 0 saturated heterocycles. The Morgan fingerprint density at radius 3 is 2.66 bits per heavy atom. The van der Waals surface area contributed by atoms with Crippen LogP contribution < -0.4 is 5.48 Å². The number of hydrogen-bond donors (Lipinski definition) is 3. The van der Waals surface area contributed by atoms with Gasteiger partial charge in [0, 0.05) is 42.3 Å². The maximum atomic E-state index is 13.1. The van der Waals surface area contributed by atoms with E-state index in [-0.39, 0.29) is 6.67 Å². The number of halogens is 1. The molecule has 0 bridgehead atoms. The smallest absolute Gasteiger partial charge is 0.267 e. The van der Waals surface area contributed by atoms with Crippen LogP contribution in [0, 0.1) is 6.92 Å². The number of benzene rings is 2. The van der Waals surface area contributed by atoms with Gasteiger partial charge in [0.1, 0.15) is 6.67 Å². The van der Waals surface area contributed by atoms with Crippen molar-refractivity contribution in [1.29, 1.82) is 0 Å². The van der Waals surface area contributed by atoms with Crippen molar-refractivity contribution in [2.45, 2.75) is 19.9 Å². The zero-order chi connectivity index (χ0) is 20.6. The van der Waals surface area contributed by atoms with Crippen molar-refractivity contribution in [1.82, 2.24) is 15.4 Å². The topological polar surface area (TPSA) is 68.4 Å². The molecule has 1 amide bonds. The van der Waals surface area contributed by atoms with Crippen LogP contribution in [0.15, 0.2) is 54.6 Å². The molecule has 0 aliphatic rings. The lowest BCUT2D eigenvalue weighted by Gasteiger charge is -2.21. The zero-order valence-corrected chi connectivity index (χ0v) is 16.5. The number of nitrogens with one attached hydrogen (secondary N) is 2. The third kappa shape index (κ3) is 5.53. The number of H-pyrrole nitrogens is 1. The van der Waals surface area contributed by atoms with Gasteiger partial charge in [-0.1, -0.05) is 42.5 Å². The predicted molar refractivity (Wildman–Crippen MR) is 113 cm³/mol. The number of hydrogen-bond acceptors (Lipinski definition) is 3. The van der Waals surface area contributed by atoms with Gasteiger partial charge in [0.25, 0.3) is 5.91 Å². The Kier molecular flexibility index (Phi) is 7.16. The second kappa shape index (κ2) is 10.0. The minimum atomic E-state index is -0.573. The molecule has 0 saturated carbocycles. The summed E-state index contributed by atoms with van der Waals surface area (Å²) in [5, 5.41) is 9.74. The van der Waals surface area contributed by atoms with Gasteiger partial charge in [0.05, 0.1) is 0 Å². The molecule has 3 rings (SSSR count). The Morgan fingerprint density at radius 2 is 1.93 bits per heavy atom. The third-order valence-corrected chi connectivity index (χ3v) is 5.03. The van der Waals surface area contributed by atoms with E-state index < -0.39 is 5.91 Å². The molecule has 152 valence electrons. The molecule has 1 heterocycles. The van der Waals surface area contributed by atoms with Gasteiger partial charge in [0.15, 0.2) is 0 Å². The number of carbonyl (C=O) groups excluding carboxylic acids is 1. The molecule has 0 fully saturated rings. The molecule has 3 N–H and O–H groups in total. The number of aromatic amines is 1. The van der Waals surface area contributed by atoms with Crippen molar-refractivity contribution in [3.63, 3.8) is 0 Å². The first-order valence-electron chi connectivity index (χ1n) is 9.66. The summed E-state index contributed by atoms with van der Waals surface area (Å²) >= 11 is 0. The average Bonchev–Trinajstić information content (AvgIpc) is 3.06. The molecule has 0 radical (unpaired) electrons. The van der Waals surface area contributed by atoms with Crippen molar-refractivity contribution in [3.8, 4) is 0 Å². The van der Waals surface area contributed by atoms with E-state index in [0.29, 0.717) is 13.1 Å². The number of aryl methyl sites for hydroxylation is 1. The van der Waals surface area contributed by atoms with Crippen molar-refractivity contribution in [2.75, 3.05) is 19.8 Å². The minimum Gasteiger partial charge on any atom is -0.358 e. The molecule has 0 atom stereocenters. The normalized spacial score (nSPS) is 11.6. The largest absolute Gasteiger partial charge is 0.358 e.